The Morgan fingerprint density at radius 1 is 0.524 bits per heavy atom. The molecule has 42 heavy (non-hydrogen) atoms. The first-order valence-corrected chi connectivity index (χ1v) is 14.0. The molecule has 0 fully saturated rings. The van der Waals surface area contributed by atoms with Gasteiger partial charge in [0.2, 0.25) is 0 Å². The van der Waals surface area contributed by atoms with E-state index in [1.807, 2.05) is 86.6 Å². The van der Waals surface area contributed by atoms with Crippen LogP contribution in [-0.2, 0) is 28.5 Å². The topological polar surface area (TPSA) is 89.5 Å². The number of benzene rings is 4. The third-order valence-electron chi connectivity index (χ3n) is 7.17. The number of ether oxygens (including phenoxy) is 6. The summed E-state index contributed by atoms with van der Waals surface area (Å²) in [5.41, 5.74) is 1.78. The first-order valence-electron chi connectivity index (χ1n) is 14.0. The lowest BCUT2D eigenvalue weighted by molar-refractivity contribution is -0.148. The number of carbonyl (C=O) groups is 2. The van der Waals surface area contributed by atoms with Crippen LogP contribution in [0, 0.1) is 0 Å². The molecule has 1 unspecified atom stereocenters. The van der Waals surface area contributed by atoms with Gasteiger partial charge in [0, 0.05) is 0 Å². The van der Waals surface area contributed by atoms with Gasteiger partial charge >= 0.3 is 11.9 Å². The first-order chi connectivity index (χ1) is 20.4. The van der Waals surface area contributed by atoms with Gasteiger partial charge in [-0.3, -0.25) is 9.59 Å². The van der Waals surface area contributed by atoms with Crippen LogP contribution in [0.5, 0.6) is 11.5 Å². The van der Waals surface area contributed by atoms with Crippen LogP contribution >= 0.6 is 0 Å². The smallest absolute Gasteiger partial charge is 0.313 e. The Morgan fingerprint density at radius 2 is 0.881 bits per heavy atom. The average molecular weight is 575 g/mol. The quantitative estimate of drug-likeness (QED) is 0.126. The SMILES string of the molecule is COc1ccc2cc(C(C)C(=O)OCCOCCOCCOC(=O)[C@@H](C)c3ccc4cc(OC)ccc4c3)ccc2c1. The van der Waals surface area contributed by atoms with E-state index in [-0.39, 0.29) is 38.4 Å². The van der Waals surface area contributed by atoms with Crippen molar-refractivity contribution in [2.24, 2.45) is 0 Å². The molecule has 4 aromatic rings. The van der Waals surface area contributed by atoms with Crippen LogP contribution in [0.1, 0.15) is 36.8 Å². The number of carbonyl (C=O) groups excluding carboxylic acids is 2. The molecule has 0 aromatic heterocycles. The molecule has 0 radical (unpaired) electrons. The third kappa shape index (κ3) is 8.21. The van der Waals surface area contributed by atoms with Crippen molar-refractivity contribution in [3.05, 3.63) is 83.9 Å². The van der Waals surface area contributed by atoms with Gasteiger partial charge < -0.3 is 28.4 Å². The molecule has 0 saturated heterocycles. The van der Waals surface area contributed by atoms with Gasteiger partial charge in [0.15, 0.2) is 0 Å². The summed E-state index contributed by atoms with van der Waals surface area (Å²) in [6.07, 6.45) is 0. The Morgan fingerprint density at radius 3 is 1.29 bits per heavy atom. The molecule has 0 saturated carbocycles. The van der Waals surface area contributed by atoms with Gasteiger partial charge in [0.1, 0.15) is 24.7 Å². The largest absolute Gasteiger partial charge is 0.497 e. The molecule has 222 valence electrons. The second-order valence-corrected chi connectivity index (χ2v) is 9.95. The fourth-order valence-electron chi connectivity index (χ4n) is 4.52. The minimum absolute atomic E-state index is 0.159. The van der Waals surface area contributed by atoms with E-state index >= 15 is 0 Å². The summed E-state index contributed by atoms with van der Waals surface area (Å²) >= 11 is 0. The maximum Gasteiger partial charge on any atom is 0.313 e. The Balaban J connectivity index is 1.06. The van der Waals surface area contributed by atoms with Gasteiger partial charge in [-0.15, -0.1) is 0 Å². The molecule has 0 spiro atoms. The van der Waals surface area contributed by atoms with Crippen molar-refractivity contribution < 1.29 is 38.0 Å². The van der Waals surface area contributed by atoms with Crippen LogP contribution in [0.25, 0.3) is 21.5 Å². The Labute approximate surface area is 246 Å². The van der Waals surface area contributed by atoms with Crippen molar-refractivity contribution in [1.29, 1.82) is 0 Å². The summed E-state index contributed by atoms with van der Waals surface area (Å²) in [5.74, 6) is 0.194. The van der Waals surface area contributed by atoms with Gasteiger partial charge in [-0.1, -0.05) is 48.5 Å². The molecule has 4 rings (SSSR count). The van der Waals surface area contributed by atoms with E-state index < -0.39 is 11.8 Å². The van der Waals surface area contributed by atoms with Crippen molar-refractivity contribution in [2.45, 2.75) is 25.7 Å². The van der Waals surface area contributed by atoms with Crippen molar-refractivity contribution in [3.8, 4) is 11.5 Å². The van der Waals surface area contributed by atoms with Crippen molar-refractivity contribution in [3.63, 3.8) is 0 Å². The molecule has 2 atom stereocenters. The van der Waals surface area contributed by atoms with E-state index in [4.69, 9.17) is 28.4 Å². The molecule has 0 aliphatic rings. The zero-order chi connectivity index (χ0) is 29.9. The minimum Gasteiger partial charge on any atom is -0.497 e. The molecule has 0 bridgehead atoms. The van der Waals surface area contributed by atoms with Gasteiger partial charge in [-0.25, -0.2) is 0 Å². The molecule has 0 heterocycles. The summed E-state index contributed by atoms with van der Waals surface area (Å²) in [7, 11) is 3.27. The number of fused-ring (bicyclic) bond motifs is 2. The first kappa shape index (κ1) is 30.8. The van der Waals surface area contributed by atoms with Crippen LogP contribution in [0.3, 0.4) is 0 Å². The molecule has 8 nitrogen and oxygen atoms in total. The number of methoxy groups -OCH3 is 2. The number of hydrogen-bond acceptors (Lipinski definition) is 8. The van der Waals surface area contributed by atoms with Crippen molar-refractivity contribution in [2.75, 3.05) is 53.9 Å². The third-order valence-corrected chi connectivity index (χ3v) is 7.17. The number of hydrogen-bond donors (Lipinski definition) is 0. The summed E-state index contributed by atoms with van der Waals surface area (Å²) in [6.45, 7) is 5.19. The van der Waals surface area contributed by atoms with Crippen molar-refractivity contribution in [1.82, 2.24) is 0 Å². The van der Waals surface area contributed by atoms with Crippen LogP contribution in [0.15, 0.2) is 72.8 Å². The zero-order valence-electron chi connectivity index (χ0n) is 24.6. The fourth-order valence-corrected chi connectivity index (χ4v) is 4.52. The highest BCUT2D eigenvalue weighted by Gasteiger charge is 2.18. The Kier molecular flexibility index (Phi) is 11.1. The molecule has 0 aliphatic carbocycles. The second-order valence-electron chi connectivity index (χ2n) is 9.95. The van der Waals surface area contributed by atoms with Gasteiger partial charge in [0.05, 0.1) is 52.5 Å². The number of rotatable bonds is 15. The molecular formula is C34H38O8. The molecular weight excluding hydrogens is 536 g/mol. The van der Waals surface area contributed by atoms with Crippen LogP contribution in [0.2, 0.25) is 0 Å². The lowest BCUT2D eigenvalue weighted by atomic mass is 9.98. The van der Waals surface area contributed by atoms with E-state index in [1.54, 1.807) is 14.2 Å². The van der Waals surface area contributed by atoms with E-state index in [1.165, 1.54) is 0 Å². The highest BCUT2D eigenvalue weighted by Crippen LogP contribution is 2.27. The molecule has 0 aliphatic heterocycles. The average Bonchev–Trinajstić information content (AvgIpc) is 3.03. The van der Waals surface area contributed by atoms with Gasteiger partial charge in [0.25, 0.3) is 0 Å². The molecule has 0 amide bonds. The lowest BCUT2D eigenvalue weighted by Gasteiger charge is -2.14. The maximum atomic E-state index is 12.5. The normalized spacial score (nSPS) is 12.6. The monoisotopic (exact) mass is 574 g/mol. The van der Waals surface area contributed by atoms with Gasteiger partial charge in [-0.2, -0.15) is 0 Å². The number of esters is 2. The van der Waals surface area contributed by atoms with E-state index in [0.717, 1.165) is 44.2 Å². The predicted octanol–water partition coefficient (Wildman–Crippen LogP) is 6.04. The Bertz CT molecular complexity index is 1380. The zero-order valence-corrected chi connectivity index (χ0v) is 24.6. The standard InChI is InChI=1S/C34H38O8/c1-23(25-5-7-29-21-31(37-3)11-9-27(29)19-25)33(35)41-17-15-39-13-14-40-16-18-42-34(36)24(2)26-6-8-30-22-32(38-4)12-10-28(30)20-26/h5-12,19-24H,13-18H2,1-4H3/t23-,24?/m0/s1. The highest BCUT2D eigenvalue weighted by molar-refractivity contribution is 5.88. The van der Waals surface area contributed by atoms with Crippen LogP contribution in [-0.4, -0.2) is 65.8 Å². The second kappa shape index (κ2) is 15.2. The van der Waals surface area contributed by atoms with E-state index in [9.17, 15) is 9.59 Å². The predicted molar refractivity (Wildman–Crippen MR) is 161 cm³/mol. The highest BCUT2D eigenvalue weighted by atomic mass is 16.6. The molecule has 4 aromatic carbocycles. The Hall–Kier alpha value is -4.14. The lowest BCUT2D eigenvalue weighted by Crippen LogP contribution is -2.18. The maximum absolute atomic E-state index is 12.5. The minimum atomic E-state index is -0.393. The van der Waals surface area contributed by atoms with E-state index in [0.29, 0.717) is 13.2 Å². The van der Waals surface area contributed by atoms with E-state index in [2.05, 4.69) is 0 Å². The fraction of sp³-hybridized carbons (Fsp3) is 0.353. The summed E-state index contributed by atoms with van der Waals surface area (Å²) < 4.78 is 32.3. The molecule has 8 heteroatoms. The van der Waals surface area contributed by atoms with Crippen LogP contribution in [0.4, 0.5) is 0 Å². The summed E-state index contributed by atoms with van der Waals surface area (Å²) in [4.78, 5) is 25.0. The van der Waals surface area contributed by atoms with Crippen molar-refractivity contribution >= 4 is 33.5 Å². The van der Waals surface area contributed by atoms with Crippen LogP contribution < -0.4 is 9.47 Å². The molecule has 0 N–H and O–H groups in total. The van der Waals surface area contributed by atoms with Gasteiger partial charge in [-0.05, 0) is 70.8 Å². The summed E-state index contributed by atoms with van der Waals surface area (Å²) in [6, 6.07) is 23.5. The summed E-state index contributed by atoms with van der Waals surface area (Å²) in [5, 5.41) is 4.16.